The Morgan fingerprint density at radius 1 is 1.27 bits per heavy atom. The minimum absolute atomic E-state index is 0.0936. The van der Waals surface area contributed by atoms with Gasteiger partial charge in [-0.15, -0.1) is 0 Å². The third kappa shape index (κ3) is 4.93. The summed E-state index contributed by atoms with van der Waals surface area (Å²) in [6.07, 6.45) is 5.80. The van der Waals surface area contributed by atoms with Crippen molar-refractivity contribution in [1.82, 2.24) is 9.96 Å². The van der Waals surface area contributed by atoms with E-state index in [1.54, 1.807) is 0 Å². The van der Waals surface area contributed by atoms with Crippen LogP contribution in [0.3, 0.4) is 0 Å². The maximum Gasteiger partial charge on any atom is 0.223 e. The SMILES string of the molecule is CC(C)C[C@@]1(CO)CCCN(C(=O)CCN2CCCCO2)C1. The van der Waals surface area contributed by atoms with Gasteiger partial charge in [0.2, 0.25) is 5.91 Å². The Morgan fingerprint density at radius 2 is 2.09 bits per heavy atom. The Balaban J connectivity index is 1.83. The van der Waals surface area contributed by atoms with Crippen LogP contribution in [0.4, 0.5) is 0 Å². The van der Waals surface area contributed by atoms with E-state index >= 15 is 0 Å². The normalized spacial score (nSPS) is 27.4. The summed E-state index contributed by atoms with van der Waals surface area (Å²) in [5.74, 6) is 0.749. The van der Waals surface area contributed by atoms with Gasteiger partial charge in [-0.3, -0.25) is 9.63 Å². The average Bonchev–Trinajstić information content (AvgIpc) is 2.53. The van der Waals surface area contributed by atoms with Crippen LogP contribution in [-0.2, 0) is 9.63 Å². The van der Waals surface area contributed by atoms with Gasteiger partial charge in [0.05, 0.1) is 13.2 Å². The Bertz CT molecular complexity index is 356. The lowest BCUT2D eigenvalue weighted by Crippen LogP contribution is -2.49. The number of carbonyl (C=O) groups is 1. The van der Waals surface area contributed by atoms with Crippen LogP contribution in [0.5, 0.6) is 0 Å². The van der Waals surface area contributed by atoms with Crippen molar-refractivity contribution in [2.45, 2.75) is 52.4 Å². The average molecular weight is 312 g/mol. The van der Waals surface area contributed by atoms with Gasteiger partial charge in [0, 0.05) is 38.0 Å². The number of piperidine rings is 1. The number of hydroxylamine groups is 2. The van der Waals surface area contributed by atoms with Gasteiger partial charge < -0.3 is 10.0 Å². The third-order valence-electron chi connectivity index (χ3n) is 4.84. The molecule has 0 saturated carbocycles. The zero-order valence-electron chi connectivity index (χ0n) is 14.2. The quantitative estimate of drug-likeness (QED) is 0.815. The first-order valence-electron chi connectivity index (χ1n) is 8.81. The van der Waals surface area contributed by atoms with E-state index in [1.165, 1.54) is 0 Å². The van der Waals surface area contributed by atoms with Gasteiger partial charge in [0.15, 0.2) is 0 Å². The van der Waals surface area contributed by atoms with Crippen LogP contribution >= 0.6 is 0 Å². The van der Waals surface area contributed by atoms with Gasteiger partial charge >= 0.3 is 0 Å². The van der Waals surface area contributed by atoms with E-state index in [0.717, 1.165) is 51.8 Å². The molecule has 0 aromatic rings. The Hall–Kier alpha value is -0.650. The second-order valence-corrected chi connectivity index (χ2v) is 7.39. The van der Waals surface area contributed by atoms with Crippen molar-refractivity contribution in [3.8, 4) is 0 Å². The van der Waals surface area contributed by atoms with E-state index in [9.17, 15) is 9.90 Å². The zero-order chi connectivity index (χ0) is 16.0. The summed E-state index contributed by atoms with van der Waals surface area (Å²) in [6.45, 7) is 8.50. The molecule has 128 valence electrons. The van der Waals surface area contributed by atoms with Crippen LogP contribution in [0.15, 0.2) is 0 Å². The van der Waals surface area contributed by atoms with Crippen LogP contribution in [0.25, 0.3) is 0 Å². The van der Waals surface area contributed by atoms with Gasteiger partial charge in [0.25, 0.3) is 0 Å². The Morgan fingerprint density at radius 3 is 2.73 bits per heavy atom. The first-order valence-corrected chi connectivity index (χ1v) is 8.81. The predicted octanol–water partition coefficient (Wildman–Crippen LogP) is 2.05. The van der Waals surface area contributed by atoms with Crippen LogP contribution in [-0.4, -0.2) is 60.4 Å². The lowest BCUT2D eigenvalue weighted by Gasteiger charge is -2.43. The van der Waals surface area contributed by atoms with Crippen LogP contribution in [0.2, 0.25) is 0 Å². The summed E-state index contributed by atoms with van der Waals surface area (Å²) in [4.78, 5) is 20.0. The van der Waals surface area contributed by atoms with Gasteiger partial charge in [-0.2, -0.15) is 5.06 Å². The third-order valence-corrected chi connectivity index (χ3v) is 4.84. The van der Waals surface area contributed by atoms with E-state index in [-0.39, 0.29) is 17.9 Å². The molecule has 0 unspecified atom stereocenters. The molecule has 1 atom stereocenters. The molecule has 22 heavy (non-hydrogen) atoms. The van der Waals surface area contributed by atoms with Crippen molar-refractivity contribution in [1.29, 1.82) is 0 Å². The number of nitrogens with zero attached hydrogens (tertiary/aromatic N) is 2. The first kappa shape index (κ1) is 17.7. The van der Waals surface area contributed by atoms with Crippen LogP contribution in [0.1, 0.15) is 52.4 Å². The molecule has 2 fully saturated rings. The Kier molecular flexibility index (Phi) is 6.66. The number of carbonyl (C=O) groups excluding carboxylic acids is 1. The summed E-state index contributed by atoms with van der Waals surface area (Å²) in [6, 6.07) is 0. The molecule has 5 heteroatoms. The van der Waals surface area contributed by atoms with Gasteiger partial charge in [0.1, 0.15) is 0 Å². The topological polar surface area (TPSA) is 53.0 Å². The maximum absolute atomic E-state index is 12.5. The molecule has 2 saturated heterocycles. The van der Waals surface area contributed by atoms with E-state index in [4.69, 9.17) is 4.84 Å². The van der Waals surface area contributed by atoms with E-state index < -0.39 is 0 Å². The number of aliphatic hydroxyl groups is 1. The minimum Gasteiger partial charge on any atom is -0.396 e. The minimum atomic E-state index is -0.0936. The monoisotopic (exact) mass is 312 g/mol. The fourth-order valence-electron chi connectivity index (χ4n) is 3.85. The van der Waals surface area contributed by atoms with E-state index in [1.807, 2.05) is 9.96 Å². The number of amides is 1. The molecule has 2 heterocycles. The Labute approximate surface area is 134 Å². The lowest BCUT2D eigenvalue weighted by molar-refractivity contribution is -0.183. The molecule has 0 spiro atoms. The highest BCUT2D eigenvalue weighted by atomic mass is 16.7. The van der Waals surface area contributed by atoms with Crippen LogP contribution < -0.4 is 0 Å². The highest BCUT2D eigenvalue weighted by Gasteiger charge is 2.37. The molecular formula is C17H32N2O3. The van der Waals surface area contributed by atoms with Gasteiger partial charge in [-0.25, -0.2) is 0 Å². The highest BCUT2D eigenvalue weighted by Crippen LogP contribution is 2.36. The molecule has 0 aromatic heterocycles. The standard InChI is InChI=1S/C17H32N2O3/c1-15(2)12-17(14-20)7-5-8-18(13-17)16(21)6-10-19-9-3-4-11-22-19/h15,20H,3-14H2,1-2H3/t17-/m0/s1. The van der Waals surface area contributed by atoms with Crippen molar-refractivity contribution in [3.05, 3.63) is 0 Å². The van der Waals surface area contributed by atoms with Crippen molar-refractivity contribution in [2.75, 3.05) is 39.4 Å². The fourth-order valence-corrected chi connectivity index (χ4v) is 3.85. The second-order valence-electron chi connectivity index (χ2n) is 7.39. The second kappa shape index (κ2) is 8.27. The number of hydrogen-bond acceptors (Lipinski definition) is 4. The molecule has 2 aliphatic rings. The van der Waals surface area contributed by atoms with Crippen LogP contribution in [0, 0.1) is 11.3 Å². The van der Waals surface area contributed by atoms with E-state index in [2.05, 4.69) is 13.8 Å². The van der Waals surface area contributed by atoms with Crippen molar-refractivity contribution in [2.24, 2.45) is 11.3 Å². The summed E-state index contributed by atoms with van der Waals surface area (Å²) < 4.78 is 0. The smallest absolute Gasteiger partial charge is 0.223 e. The molecule has 1 N–H and O–H groups in total. The largest absolute Gasteiger partial charge is 0.396 e. The molecular weight excluding hydrogens is 280 g/mol. The fraction of sp³-hybridized carbons (Fsp3) is 0.941. The maximum atomic E-state index is 12.5. The summed E-state index contributed by atoms with van der Waals surface area (Å²) >= 11 is 0. The summed E-state index contributed by atoms with van der Waals surface area (Å²) in [7, 11) is 0. The predicted molar refractivity (Wildman–Crippen MR) is 86.2 cm³/mol. The number of rotatable bonds is 6. The molecule has 2 rings (SSSR count). The molecule has 0 aliphatic carbocycles. The van der Waals surface area contributed by atoms with Crippen molar-refractivity contribution >= 4 is 5.91 Å². The molecule has 5 nitrogen and oxygen atoms in total. The molecule has 0 bridgehead atoms. The molecule has 0 aromatic carbocycles. The number of aliphatic hydroxyl groups excluding tert-OH is 1. The van der Waals surface area contributed by atoms with Gasteiger partial charge in [-0.1, -0.05) is 13.8 Å². The molecule has 2 aliphatic heterocycles. The van der Waals surface area contributed by atoms with E-state index in [0.29, 0.717) is 25.4 Å². The summed E-state index contributed by atoms with van der Waals surface area (Å²) in [5.41, 5.74) is -0.0936. The lowest BCUT2D eigenvalue weighted by atomic mass is 9.74. The van der Waals surface area contributed by atoms with Gasteiger partial charge in [-0.05, 0) is 38.0 Å². The molecule has 0 radical (unpaired) electrons. The van der Waals surface area contributed by atoms with Crippen molar-refractivity contribution in [3.63, 3.8) is 0 Å². The zero-order valence-corrected chi connectivity index (χ0v) is 14.2. The highest BCUT2D eigenvalue weighted by molar-refractivity contribution is 5.76. The van der Waals surface area contributed by atoms with Crippen molar-refractivity contribution < 1.29 is 14.7 Å². The first-order chi connectivity index (χ1) is 10.5. The summed E-state index contributed by atoms with van der Waals surface area (Å²) in [5, 5.41) is 11.8. The number of likely N-dealkylation sites (tertiary alicyclic amines) is 1. The number of hydrogen-bond donors (Lipinski definition) is 1. The molecule has 1 amide bonds.